The smallest absolute Gasteiger partial charge is 0.271 e. The van der Waals surface area contributed by atoms with Gasteiger partial charge in [0.25, 0.3) is 5.91 Å². The van der Waals surface area contributed by atoms with Crippen molar-refractivity contribution in [2.75, 3.05) is 6.79 Å². The Morgan fingerprint density at radius 2 is 2.05 bits per heavy atom. The van der Waals surface area contributed by atoms with Crippen molar-refractivity contribution >= 4 is 46.3 Å². The Morgan fingerprint density at radius 1 is 1.27 bits per heavy atom. The van der Waals surface area contributed by atoms with Crippen LogP contribution in [0.1, 0.15) is 15.9 Å². The predicted octanol–water partition coefficient (Wildman–Crippen LogP) is 3.44. The maximum Gasteiger partial charge on any atom is 0.271 e. The van der Waals surface area contributed by atoms with Crippen molar-refractivity contribution in [2.45, 2.75) is 0 Å². The van der Waals surface area contributed by atoms with E-state index < -0.39 is 0 Å². The van der Waals surface area contributed by atoms with E-state index in [1.165, 1.54) is 6.21 Å². The van der Waals surface area contributed by atoms with E-state index >= 15 is 0 Å². The fourth-order valence-electron chi connectivity index (χ4n) is 1.89. The van der Waals surface area contributed by atoms with Crippen molar-refractivity contribution in [1.29, 1.82) is 0 Å². The minimum absolute atomic E-state index is 0.176. The van der Waals surface area contributed by atoms with Gasteiger partial charge in [-0.05, 0) is 46.9 Å². The summed E-state index contributed by atoms with van der Waals surface area (Å²) in [6, 6.07) is 10.6. The highest BCUT2D eigenvalue weighted by molar-refractivity contribution is 14.1. The number of fused-ring (bicyclic) bond motifs is 1. The molecule has 0 atom stereocenters. The van der Waals surface area contributed by atoms with Crippen LogP contribution in [0.2, 0.25) is 5.02 Å². The third-order valence-electron chi connectivity index (χ3n) is 2.95. The zero-order chi connectivity index (χ0) is 15.5. The Balaban J connectivity index is 1.71. The van der Waals surface area contributed by atoms with Crippen molar-refractivity contribution in [2.24, 2.45) is 5.10 Å². The first-order valence-corrected chi connectivity index (χ1v) is 7.77. The molecule has 1 heterocycles. The van der Waals surface area contributed by atoms with E-state index in [-0.39, 0.29) is 12.7 Å². The molecule has 5 nitrogen and oxygen atoms in total. The minimum atomic E-state index is -0.286. The minimum Gasteiger partial charge on any atom is -0.454 e. The van der Waals surface area contributed by atoms with Gasteiger partial charge in [-0.1, -0.05) is 17.7 Å². The lowest BCUT2D eigenvalue weighted by molar-refractivity contribution is 0.0955. The van der Waals surface area contributed by atoms with E-state index in [0.717, 1.165) is 3.57 Å². The molecule has 2 aromatic rings. The van der Waals surface area contributed by atoms with Gasteiger partial charge in [-0.15, -0.1) is 0 Å². The normalized spacial score (nSPS) is 12.6. The average Bonchev–Trinajstić information content (AvgIpc) is 2.94. The van der Waals surface area contributed by atoms with Crippen molar-refractivity contribution in [3.63, 3.8) is 0 Å². The molecule has 0 saturated heterocycles. The Morgan fingerprint density at radius 3 is 2.82 bits per heavy atom. The number of rotatable bonds is 3. The molecule has 1 amide bonds. The van der Waals surface area contributed by atoms with Crippen molar-refractivity contribution in [3.05, 3.63) is 56.1 Å². The SMILES string of the molecule is O=C(N/N=C\c1cc2c(cc1Cl)OCO2)c1cccc(I)c1. The molecule has 0 aromatic heterocycles. The van der Waals surface area contributed by atoms with Gasteiger partial charge in [0.2, 0.25) is 6.79 Å². The fraction of sp³-hybridized carbons (Fsp3) is 0.0667. The quantitative estimate of drug-likeness (QED) is 0.463. The van der Waals surface area contributed by atoms with E-state index in [1.54, 1.807) is 24.3 Å². The molecule has 3 rings (SSSR count). The Kier molecular flexibility index (Phi) is 4.49. The summed E-state index contributed by atoms with van der Waals surface area (Å²) in [6.07, 6.45) is 1.47. The van der Waals surface area contributed by atoms with Gasteiger partial charge >= 0.3 is 0 Å². The van der Waals surface area contributed by atoms with Gasteiger partial charge in [0, 0.05) is 20.8 Å². The van der Waals surface area contributed by atoms with Gasteiger partial charge in [0.1, 0.15) is 0 Å². The van der Waals surface area contributed by atoms with E-state index in [9.17, 15) is 4.79 Å². The summed E-state index contributed by atoms with van der Waals surface area (Å²) >= 11 is 8.27. The molecule has 0 bridgehead atoms. The summed E-state index contributed by atoms with van der Waals surface area (Å²) in [6.45, 7) is 0.176. The number of nitrogens with zero attached hydrogens (tertiary/aromatic N) is 1. The van der Waals surface area contributed by atoms with Gasteiger partial charge < -0.3 is 9.47 Å². The molecule has 112 valence electrons. The van der Waals surface area contributed by atoms with Crippen LogP contribution in [0, 0.1) is 3.57 Å². The molecular formula is C15H10ClIN2O3. The van der Waals surface area contributed by atoms with Gasteiger partial charge in [-0.25, -0.2) is 5.43 Å². The number of nitrogens with one attached hydrogen (secondary N) is 1. The highest BCUT2D eigenvalue weighted by atomic mass is 127. The summed E-state index contributed by atoms with van der Waals surface area (Å²) in [5.74, 6) is 0.923. The van der Waals surface area contributed by atoms with E-state index in [1.807, 2.05) is 12.1 Å². The van der Waals surface area contributed by atoms with Crippen LogP contribution in [-0.4, -0.2) is 18.9 Å². The lowest BCUT2D eigenvalue weighted by Gasteiger charge is -2.02. The number of carbonyl (C=O) groups excluding carboxylic acids is 1. The Labute approximate surface area is 145 Å². The molecular weight excluding hydrogens is 419 g/mol. The number of benzene rings is 2. The molecule has 0 unspecified atom stereocenters. The highest BCUT2D eigenvalue weighted by Gasteiger charge is 2.15. The highest BCUT2D eigenvalue weighted by Crippen LogP contribution is 2.36. The molecule has 1 aliphatic heterocycles. The molecule has 22 heavy (non-hydrogen) atoms. The first kappa shape index (κ1) is 15.1. The summed E-state index contributed by atoms with van der Waals surface area (Å²) in [7, 11) is 0. The van der Waals surface area contributed by atoms with Gasteiger partial charge in [0.15, 0.2) is 11.5 Å². The number of ether oxygens (including phenoxy) is 2. The van der Waals surface area contributed by atoms with Gasteiger partial charge in [-0.2, -0.15) is 5.10 Å². The molecule has 0 spiro atoms. The second-order valence-electron chi connectivity index (χ2n) is 4.44. The van der Waals surface area contributed by atoms with Crippen LogP contribution in [0.3, 0.4) is 0 Å². The first-order valence-electron chi connectivity index (χ1n) is 6.31. The summed E-state index contributed by atoms with van der Waals surface area (Å²) in [5.41, 5.74) is 3.64. The lowest BCUT2D eigenvalue weighted by Crippen LogP contribution is -2.17. The summed E-state index contributed by atoms with van der Waals surface area (Å²) in [5, 5.41) is 4.40. The number of hydrazone groups is 1. The van der Waals surface area contributed by atoms with Crippen molar-refractivity contribution in [1.82, 2.24) is 5.43 Å². The second kappa shape index (κ2) is 6.53. The second-order valence-corrected chi connectivity index (χ2v) is 6.09. The number of carbonyl (C=O) groups is 1. The number of halogens is 2. The van der Waals surface area contributed by atoms with Crippen LogP contribution in [0.4, 0.5) is 0 Å². The van der Waals surface area contributed by atoms with Crippen LogP contribution in [0.5, 0.6) is 11.5 Å². The molecule has 1 aliphatic rings. The Hall–Kier alpha value is -1.80. The van der Waals surface area contributed by atoms with E-state index in [2.05, 4.69) is 33.1 Å². The molecule has 0 fully saturated rings. The maximum absolute atomic E-state index is 12.0. The van der Waals surface area contributed by atoms with Crippen LogP contribution in [0.15, 0.2) is 41.5 Å². The third-order valence-corrected chi connectivity index (χ3v) is 3.95. The van der Waals surface area contributed by atoms with E-state index in [0.29, 0.717) is 27.6 Å². The monoisotopic (exact) mass is 428 g/mol. The Bertz CT molecular complexity index is 764. The maximum atomic E-state index is 12.0. The van der Waals surface area contributed by atoms with Gasteiger partial charge in [-0.3, -0.25) is 4.79 Å². The average molecular weight is 429 g/mol. The molecule has 0 aliphatic carbocycles. The molecule has 7 heteroatoms. The zero-order valence-corrected chi connectivity index (χ0v) is 14.1. The molecule has 1 N–H and O–H groups in total. The number of amides is 1. The standard InChI is InChI=1S/C15H10ClIN2O3/c16-12-6-14-13(21-8-22-14)5-10(12)7-18-19-15(20)9-2-1-3-11(17)4-9/h1-7H,8H2,(H,19,20)/b18-7-. The predicted molar refractivity (Wildman–Crippen MR) is 91.8 cm³/mol. The number of hydrogen-bond donors (Lipinski definition) is 1. The number of hydrogen-bond acceptors (Lipinski definition) is 4. The molecule has 0 radical (unpaired) electrons. The zero-order valence-electron chi connectivity index (χ0n) is 11.2. The van der Waals surface area contributed by atoms with Crippen molar-refractivity contribution in [3.8, 4) is 11.5 Å². The van der Waals surface area contributed by atoms with E-state index in [4.69, 9.17) is 21.1 Å². The van der Waals surface area contributed by atoms with Crippen LogP contribution in [0.25, 0.3) is 0 Å². The van der Waals surface area contributed by atoms with Gasteiger partial charge in [0.05, 0.1) is 11.2 Å². The summed E-state index contributed by atoms with van der Waals surface area (Å²) in [4.78, 5) is 12.0. The lowest BCUT2D eigenvalue weighted by atomic mass is 10.2. The topological polar surface area (TPSA) is 59.9 Å². The molecule has 0 saturated carbocycles. The third kappa shape index (κ3) is 3.33. The first-order chi connectivity index (χ1) is 10.6. The van der Waals surface area contributed by atoms with Crippen LogP contribution in [-0.2, 0) is 0 Å². The largest absolute Gasteiger partial charge is 0.454 e. The molecule has 2 aromatic carbocycles. The van der Waals surface area contributed by atoms with Crippen molar-refractivity contribution < 1.29 is 14.3 Å². The van der Waals surface area contributed by atoms with Crippen LogP contribution >= 0.6 is 34.2 Å². The summed E-state index contributed by atoms with van der Waals surface area (Å²) < 4.78 is 11.5. The van der Waals surface area contributed by atoms with Crippen LogP contribution < -0.4 is 14.9 Å². The fourth-order valence-corrected chi connectivity index (χ4v) is 2.63.